The van der Waals surface area contributed by atoms with Crippen molar-refractivity contribution >= 4 is 29.0 Å². The number of unbranched alkanes of at least 4 members (excludes halogenated alkanes) is 6. The molecule has 0 aromatic heterocycles. The largest absolute Gasteiger partial charge is 0.481 e. The number of halogens is 1. The van der Waals surface area contributed by atoms with Crippen LogP contribution in [0.4, 0.5) is 4.39 Å². The van der Waals surface area contributed by atoms with E-state index in [-0.39, 0.29) is 41.2 Å². The Morgan fingerprint density at radius 2 is 1.65 bits per heavy atom. The van der Waals surface area contributed by atoms with Crippen molar-refractivity contribution in [2.24, 2.45) is 23.2 Å². The van der Waals surface area contributed by atoms with E-state index in [9.17, 15) is 22.4 Å². The molecule has 2 amide bonds. The fourth-order valence-electron chi connectivity index (χ4n) is 7.71. The Kier molecular flexibility index (Phi) is 12.4. The van der Waals surface area contributed by atoms with Crippen LogP contribution in [0, 0.1) is 29.0 Å². The third kappa shape index (κ3) is 8.71. The number of benzene rings is 1. The van der Waals surface area contributed by atoms with E-state index in [1.165, 1.54) is 19.3 Å². The molecule has 0 radical (unpaired) electrons. The summed E-state index contributed by atoms with van der Waals surface area (Å²) in [6.07, 6.45) is 10.1. The van der Waals surface area contributed by atoms with Crippen LogP contribution in [0.2, 0.25) is 0 Å². The van der Waals surface area contributed by atoms with Crippen LogP contribution < -0.4 is 15.4 Å². The van der Waals surface area contributed by atoms with Gasteiger partial charge >= 0.3 is 7.12 Å². The quantitative estimate of drug-likeness (QED) is 0.140. The molecule has 3 aliphatic carbocycles. The molecule has 3 saturated carbocycles. The Morgan fingerprint density at radius 1 is 1.00 bits per heavy atom. The van der Waals surface area contributed by atoms with E-state index < -0.39 is 46.5 Å². The topological polar surface area (TPSA) is 123 Å². The molecule has 4 fully saturated rings. The first-order valence-electron chi connectivity index (χ1n) is 17.4. The van der Waals surface area contributed by atoms with Crippen molar-refractivity contribution in [1.82, 2.24) is 15.4 Å². The van der Waals surface area contributed by atoms with Crippen LogP contribution in [-0.2, 0) is 28.9 Å². The molecule has 12 heteroatoms. The third-order valence-corrected chi connectivity index (χ3v) is 12.1. The zero-order valence-corrected chi connectivity index (χ0v) is 29.4. The number of amides is 2. The number of hydrogen-bond donors (Lipinski definition) is 3. The second-order valence-electron chi connectivity index (χ2n) is 14.9. The van der Waals surface area contributed by atoms with Gasteiger partial charge in [0.05, 0.1) is 22.5 Å². The molecule has 1 aromatic carbocycles. The second-order valence-corrected chi connectivity index (χ2v) is 16.6. The summed E-state index contributed by atoms with van der Waals surface area (Å²) in [5.74, 6) is -0.728. The summed E-state index contributed by atoms with van der Waals surface area (Å²) >= 11 is 0. The lowest BCUT2D eigenvalue weighted by atomic mass is 9.43. The van der Waals surface area contributed by atoms with Gasteiger partial charge < -0.3 is 19.9 Å². The molecule has 2 bridgehead atoms. The predicted octanol–water partition coefficient (Wildman–Crippen LogP) is 5.53. The van der Waals surface area contributed by atoms with Gasteiger partial charge in [0.15, 0.2) is 0 Å². The molecule has 5 rings (SSSR count). The van der Waals surface area contributed by atoms with E-state index in [0.29, 0.717) is 24.7 Å². The van der Waals surface area contributed by atoms with Crippen molar-refractivity contribution in [3.05, 3.63) is 30.1 Å². The Balaban J connectivity index is 1.44. The van der Waals surface area contributed by atoms with Crippen LogP contribution in [0.1, 0.15) is 112 Å². The van der Waals surface area contributed by atoms with E-state index in [4.69, 9.17) is 9.31 Å². The average Bonchev–Trinajstić information content (AvgIpc) is 3.35. The lowest BCUT2D eigenvalue weighted by molar-refractivity contribution is -0.199. The summed E-state index contributed by atoms with van der Waals surface area (Å²) in [6.45, 7) is 12.6. The number of nitrogens with one attached hydrogen (secondary N) is 3. The fourth-order valence-corrected chi connectivity index (χ4v) is 8.76. The van der Waals surface area contributed by atoms with E-state index in [2.05, 4.69) is 56.9 Å². The SMILES string of the molecule is CCCCCCCCCC(=O)N[C@@H](CNS(=O)(=O)c1ccc(F)cc1)C(=O)N[C@@H](CC(C)C)B1O[C@@H]2C[C@H]3C[C@H](C3(C)C)[C@]2(C)O1. The smallest absolute Gasteiger partial charge is 0.404 e. The monoisotopic (exact) mass is 663 g/mol. The molecule has 1 heterocycles. The van der Waals surface area contributed by atoms with Crippen molar-refractivity contribution < 1.29 is 31.7 Å². The van der Waals surface area contributed by atoms with Gasteiger partial charge in [0, 0.05) is 13.0 Å². The molecular weight excluding hydrogens is 608 g/mol. The van der Waals surface area contributed by atoms with E-state index >= 15 is 0 Å². The number of carbonyl (C=O) groups excluding carboxylic acids is 2. The highest BCUT2D eigenvalue weighted by Crippen LogP contribution is 2.65. The van der Waals surface area contributed by atoms with Crippen LogP contribution >= 0.6 is 0 Å². The molecule has 1 saturated heterocycles. The Labute approximate surface area is 276 Å². The molecular formula is C34H55BFN3O6S. The minimum Gasteiger partial charge on any atom is -0.404 e. The van der Waals surface area contributed by atoms with Gasteiger partial charge in [-0.1, -0.05) is 73.1 Å². The molecule has 4 aliphatic rings. The second kappa shape index (κ2) is 15.5. The van der Waals surface area contributed by atoms with E-state index in [1.54, 1.807) is 0 Å². The molecule has 1 aromatic rings. The Hall–Kier alpha value is -2.02. The van der Waals surface area contributed by atoms with Crippen molar-refractivity contribution in [3.8, 4) is 0 Å². The lowest BCUT2D eigenvalue weighted by Gasteiger charge is -2.64. The first kappa shape index (κ1) is 36.8. The maximum Gasteiger partial charge on any atom is 0.481 e. The number of rotatable bonds is 18. The first-order valence-corrected chi connectivity index (χ1v) is 18.8. The maximum absolute atomic E-state index is 13.9. The fraction of sp³-hybridized carbons (Fsp3) is 0.765. The van der Waals surface area contributed by atoms with Gasteiger partial charge in [-0.3, -0.25) is 9.59 Å². The zero-order chi connectivity index (χ0) is 33.7. The summed E-state index contributed by atoms with van der Waals surface area (Å²) in [5, 5.41) is 5.84. The number of hydrogen-bond acceptors (Lipinski definition) is 6. The molecule has 3 N–H and O–H groups in total. The van der Waals surface area contributed by atoms with Crippen LogP contribution in [0.25, 0.3) is 0 Å². The van der Waals surface area contributed by atoms with Gasteiger partial charge in [0.25, 0.3) is 0 Å². The molecule has 0 unspecified atom stereocenters. The molecule has 46 heavy (non-hydrogen) atoms. The van der Waals surface area contributed by atoms with Crippen molar-refractivity contribution in [2.75, 3.05) is 6.54 Å². The van der Waals surface area contributed by atoms with Crippen LogP contribution in [0.3, 0.4) is 0 Å². The highest BCUT2D eigenvalue weighted by molar-refractivity contribution is 7.89. The van der Waals surface area contributed by atoms with Gasteiger partial charge in [0.1, 0.15) is 11.9 Å². The van der Waals surface area contributed by atoms with Gasteiger partial charge in [-0.05, 0) is 80.0 Å². The Morgan fingerprint density at radius 3 is 2.28 bits per heavy atom. The summed E-state index contributed by atoms with van der Waals surface area (Å²) in [6, 6.07) is 3.26. The number of carbonyl (C=O) groups is 2. The van der Waals surface area contributed by atoms with Gasteiger partial charge in [-0.15, -0.1) is 0 Å². The normalized spacial score (nSPS) is 26.3. The van der Waals surface area contributed by atoms with Crippen LogP contribution in [0.15, 0.2) is 29.2 Å². The van der Waals surface area contributed by atoms with E-state index in [1.807, 2.05) is 0 Å². The minimum absolute atomic E-state index is 0.0548. The standard InChI is InChI=1S/C34H55BFN3O6S/c1-7-8-9-10-11-12-13-14-31(40)38-27(22-37-46(42,43)26-17-15-25(36)16-18-26)32(41)39-30(19-23(2)3)35-44-29-21-24-20-28(33(24,4)5)34(29,6)45-35/h15-18,23-24,27-30,37H,7-14,19-22H2,1-6H3,(H,38,40)(H,39,41)/t24-,27+,28-,29-,30+,34+/m1/s1. The highest BCUT2D eigenvalue weighted by Gasteiger charge is 2.68. The zero-order valence-electron chi connectivity index (χ0n) is 28.6. The minimum atomic E-state index is -4.07. The van der Waals surface area contributed by atoms with Gasteiger partial charge in [0.2, 0.25) is 21.8 Å². The molecule has 0 spiro atoms. The summed E-state index contributed by atoms with van der Waals surface area (Å²) in [4.78, 5) is 26.7. The van der Waals surface area contributed by atoms with Gasteiger partial charge in [-0.25, -0.2) is 17.5 Å². The summed E-state index contributed by atoms with van der Waals surface area (Å²) in [7, 11) is -4.73. The lowest BCUT2D eigenvalue weighted by Crippen LogP contribution is -2.65. The van der Waals surface area contributed by atoms with Crippen LogP contribution in [0.5, 0.6) is 0 Å². The highest BCUT2D eigenvalue weighted by atomic mass is 32.2. The van der Waals surface area contributed by atoms with Crippen molar-refractivity contribution in [1.29, 1.82) is 0 Å². The van der Waals surface area contributed by atoms with E-state index in [0.717, 1.165) is 56.4 Å². The van der Waals surface area contributed by atoms with Gasteiger partial charge in [-0.2, -0.15) is 0 Å². The molecule has 1 aliphatic heterocycles. The maximum atomic E-state index is 13.9. The summed E-state index contributed by atoms with van der Waals surface area (Å²) in [5.41, 5.74) is -0.273. The van der Waals surface area contributed by atoms with Crippen LogP contribution in [-0.4, -0.2) is 57.6 Å². The predicted molar refractivity (Wildman–Crippen MR) is 178 cm³/mol. The molecule has 6 atom stereocenters. The number of sulfonamides is 1. The first-order chi connectivity index (χ1) is 21.7. The third-order valence-electron chi connectivity index (χ3n) is 10.6. The molecule has 9 nitrogen and oxygen atoms in total. The van der Waals surface area contributed by atoms with Crippen molar-refractivity contribution in [2.45, 2.75) is 141 Å². The van der Waals surface area contributed by atoms with Crippen molar-refractivity contribution in [3.63, 3.8) is 0 Å². The summed E-state index contributed by atoms with van der Waals surface area (Å²) < 4.78 is 55.1. The Bertz CT molecular complexity index is 1300. The molecule has 258 valence electrons. The average molecular weight is 664 g/mol.